The number of pyridine rings is 2. The van der Waals surface area contributed by atoms with Gasteiger partial charge in [-0.25, -0.2) is 0 Å². The van der Waals surface area contributed by atoms with E-state index in [9.17, 15) is 0 Å². The molecule has 0 atom stereocenters. The Morgan fingerprint density at radius 1 is 0.708 bits per heavy atom. The Balaban J connectivity index is 0.00000139. The molecule has 0 saturated heterocycles. The average Bonchev–Trinajstić information content (AvgIpc) is 2.67. The highest BCUT2D eigenvalue weighted by molar-refractivity contribution is 9.25. The van der Waals surface area contributed by atoms with Crippen LogP contribution in [0.25, 0.3) is 0 Å². The first-order chi connectivity index (χ1) is 11.8. The third kappa shape index (κ3) is 8.70. The molecule has 0 aromatic carbocycles. The summed E-state index contributed by atoms with van der Waals surface area (Å²) in [5.41, 5.74) is 4.90. The van der Waals surface area contributed by atoms with Crippen molar-refractivity contribution in [3.8, 4) is 0 Å². The Labute approximate surface area is 162 Å². The smallest absolute Gasteiger partial charge is 0.0511 e. The minimum absolute atomic E-state index is 0.953. The predicted octanol–water partition coefficient (Wildman–Crippen LogP) is 7.01. The summed E-state index contributed by atoms with van der Waals surface area (Å²) in [6.07, 6.45) is 6.02. The zero-order valence-corrected chi connectivity index (χ0v) is 18.1. The lowest BCUT2D eigenvalue weighted by Crippen LogP contribution is -1.88. The molecule has 132 valence electrons. The maximum atomic E-state index is 4.47. The van der Waals surface area contributed by atoms with Gasteiger partial charge in [0.05, 0.1) is 5.69 Å². The summed E-state index contributed by atoms with van der Waals surface area (Å²) >= 11 is 0. The molecule has 2 aromatic heterocycles. The lowest BCUT2D eigenvalue weighted by atomic mass is 10.2. The summed E-state index contributed by atoms with van der Waals surface area (Å²) in [6.45, 7) is 8.28. The molecule has 2 heterocycles. The second kappa shape index (κ2) is 13.9. The van der Waals surface area contributed by atoms with Crippen LogP contribution in [0.1, 0.15) is 50.2 Å². The fourth-order valence-electron chi connectivity index (χ4n) is 1.72. The number of aromatic nitrogens is 2. The largest absolute Gasteiger partial charge is 0.261 e. The molecule has 0 unspecified atom stereocenters. The molecule has 6 heteroatoms. The van der Waals surface area contributed by atoms with Gasteiger partial charge in [-0.05, 0) is 55.8 Å². The van der Waals surface area contributed by atoms with Crippen LogP contribution in [-0.2, 0) is 24.3 Å². The van der Waals surface area contributed by atoms with Gasteiger partial charge in [0.15, 0.2) is 0 Å². The Hall–Kier alpha value is -0.300. The molecule has 0 aliphatic carbocycles. The average molecular weight is 399 g/mol. The third-order valence-electron chi connectivity index (χ3n) is 3.10. The monoisotopic (exact) mass is 398 g/mol. The van der Waals surface area contributed by atoms with E-state index in [1.807, 2.05) is 67.5 Å². The van der Waals surface area contributed by atoms with Gasteiger partial charge in [0.25, 0.3) is 0 Å². The van der Waals surface area contributed by atoms with Gasteiger partial charge in [-0.1, -0.05) is 61.4 Å². The summed E-state index contributed by atoms with van der Waals surface area (Å²) in [5.74, 6) is 1.95. The summed E-state index contributed by atoms with van der Waals surface area (Å²) in [4.78, 5) is 8.90. The lowest BCUT2D eigenvalue weighted by Gasteiger charge is -2.03. The molecule has 0 aliphatic heterocycles. The Bertz CT molecular complexity index is 492. The summed E-state index contributed by atoms with van der Waals surface area (Å²) < 4.78 is 0. The molecule has 0 amide bonds. The van der Waals surface area contributed by atoms with Gasteiger partial charge in [-0.2, -0.15) is 0 Å². The fourth-order valence-corrected chi connectivity index (χ4v) is 7.48. The van der Waals surface area contributed by atoms with Crippen LogP contribution in [0.5, 0.6) is 0 Å². The minimum atomic E-state index is 0.953. The molecule has 0 bridgehead atoms. The summed E-state index contributed by atoms with van der Waals surface area (Å²) in [5, 5.41) is 0. The molecule has 2 nitrogen and oxygen atoms in total. The molecular weight excluding hydrogens is 372 g/mol. The van der Waals surface area contributed by atoms with Crippen molar-refractivity contribution in [1.82, 2.24) is 9.97 Å². The van der Waals surface area contributed by atoms with Crippen LogP contribution < -0.4 is 0 Å². The Morgan fingerprint density at radius 2 is 1.29 bits per heavy atom. The van der Waals surface area contributed by atoms with Gasteiger partial charge in [-0.15, -0.1) is 0 Å². The van der Waals surface area contributed by atoms with Gasteiger partial charge in [0.1, 0.15) is 0 Å². The summed E-state index contributed by atoms with van der Waals surface area (Å²) in [6, 6.07) is 8.60. The molecule has 0 saturated carbocycles. The number of hydrogen-bond acceptors (Lipinski definition) is 6. The van der Waals surface area contributed by atoms with Crippen molar-refractivity contribution in [2.45, 2.75) is 52.0 Å². The highest BCUT2D eigenvalue weighted by Gasteiger charge is 1.99. The van der Waals surface area contributed by atoms with Crippen LogP contribution in [0.4, 0.5) is 0 Å². The van der Waals surface area contributed by atoms with E-state index in [2.05, 4.69) is 48.1 Å². The zero-order valence-electron chi connectivity index (χ0n) is 14.8. The van der Waals surface area contributed by atoms with Crippen LogP contribution in [0.2, 0.25) is 0 Å². The van der Waals surface area contributed by atoms with Crippen LogP contribution >= 0.6 is 41.2 Å². The normalized spacial score (nSPS) is 10.2. The van der Waals surface area contributed by atoms with Crippen molar-refractivity contribution < 1.29 is 0 Å². The van der Waals surface area contributed by atoms with E-state index in [-0.39, 0.29) is 0 Å². The topological polar surface area (TPSA) is 25.8 Å². The fraction of sp³-hybridized carbons (Fsp3) is 0.444. The molecule has 0 aliphatic rings. The molecule has 0 fully saturated rings. The van der Waals surface area contributed by atoms with Crippen molar-refractivity contribution in [1.29, 1.82) is 0 Å². The van der Waals surface area contributed by atoms with Gasteiger partial charge in [0.2, 0.25) is 0 Å². The standard InChI is InChI=1S/C16H20N2S4.C2H6/c1-3-13-5-8-16(18-9-13)12-20-22-21-19-11-14-6-7-15(4-2)17-10-14;1-2/h5-10H,3-4,11-12H2,1-2H3;1-2H3. The lowest BCUT2D eigenvalue weighted by molar-refractivity contribution is 1.03. The van der Waals surface area contributed by atoms with Gasteiger partial charge in [-0.3, -0.25) is 9.97 Å². The van der Waals surface area contributed by atoms with Gasteiger partial charge >= 0.3 is 0 Å². The Kier molecular flexibility index (Phi) is 12.6. The van der Waals surface area contributed by atoms with E-state index < -0.39 is 0 Å². The molecule has 0 spiro atoms. The maximum absolute atomic E-state index is 4.47. The molecular formula is C18H26N2S4. The van der Waals surface area contributed by atoms with Crippen LogP contribution in [0.15, 0.2) is 36.7 Å². The van der Waals surface area contributed by atoms with Crippen LogP contribution in [0, 0.1) is 0 Å². The van der Waals surface area contributed by atoms with Crippen molar-refractivity contribution >= 4 is 41.2 Å². The SMILES string of the molecule is CC.CCc1ccc(CSSSSCc2ccc(CC)nc2)nc1. The molecule has 2 rings (SSSR count). The highest BCUT2D eigenvalue weighted by Crippen LogP contribution is 2.45. The highest BCUT2D eigenvalue weighted by atomic mass is 33.7. The quantitative estimate of drug-likeness (QED) is 0.333. The second-order valence-electron chi connectivity index (χ2n) is 4.68. The van der Waals surface area contributed by atoms with E-state index >= 15 is 0 Å². The molecule has 2 aromatic rings. The first kappa shape index (κ1) is 21.7. The predicted molar refractivity (Wildman–Crippen MR) is 116 cm³/mol. The van der Waals surface area contributed by atoms with E-state index in [0.29, 0.717) is 0 Å². The first-order valence-electron chi connectivity index (χ1n) is 8.27. The van der Waals surface area contributed by atoms with E-state index in [0.717, 1.165) is 35.7 Å². The summed E-state index contributed by atoms with van der Waals surface area (Å²) in [7, 11) is 7.35. The van der Waals surface area contributed by atoms with Crippen LogP contribution in [0.3, 0.4) is 0 Å². The van der Waals surface area contributed by atoms with Crippen molar-refractivity contribution in [3.63, 3.8) is 0 Å². The minimum Gasteiger partial charge on any atom is -0.261 e. The maximum Gasteiger partial charge on any atom is 0.0511 e. The zero-order chi connectivity index (χ0) is 17.6. The van der Waals surface area contributed by atoms with Crippen molar-refractivity contribution in [3.05, 3.63) is 59.2 Å². The van der Waals surface area contributed by atoms with Crippen molar-refractivity contribution in [2.75, 3.05) is 0 Å². The number of rotatable bonds is 9. The third-order valence-corrected chi connectivity index (χ3v) is 9.39. The van der Waals surface area contributed by atoms with E-state index in [1.54, 1.807) is 0 Å². The Morgan fingerprint density at radius 3 is 1.83 bits per heavy atom. The van der Waals surface area contributed by atoms with Crippen LogP contribution in [-0.4, -0.2) is 9.97 Å². The molecule has 24 heavy (non-hydrogen) atoms. The number of aryl methyl sites for hydroxylation is 2. The second-order valence-corrected chi connectivity index (χ2v) is 10.7. The first-order valence-corrected chi connectivity index (χ1v) is 13.4. The number of hydrogen-bond donors (Lipinski definition) is 0. The van der Waals surface area contributed by atoms with E-state index in [4.69, 9.17) is 0 Å². The number of nitrogens with zero attached hydrogens (tertiary/aromatic N) is 2. The van der Waals surface area contributed by atoms with Gasteiger partial charge in [0, 0.05) is 29.6 Å². The van der Waals surface area contributed by atoms with Gasteiger partial charge < -0.3 is 0 Å². The van der Waals surface area contributed by atoms with E-state index in [1.165, 1.54) is 11.1 Å². The molecule has 0 N–H and O–H groups in total. The van der Waals surface area contributed by atoms with Crippen molar-refractivity contribution in [2.24, 2.45) is 0 Å². The molecule has 0 radical (unpaired) electrons.